The summed E-state index contributed by atoms with van der Waals surface area (Å²) in [6, 6.07) is 6.84. The van der Waals surface area contributed by atoms with Gasteiger partial charge in [-0.15, -0.1) is 5.10 Å². The van der Waals surface area contributed by atoms with Crippen molar-refractivity contribution < 1.29 is 17.9 Å². The Morgan fingerprint density at radius 2 is 1.91 bits per heavy atom. The number of piperidine rings is 1. The van der Waals surface area contributed by atoms with Crippen LogP contribution in [0, 0.1) is 13.8 Å². The summed E-state index contributed by atoms with van der Waals surface area (Å²) in [6.45, 7) is 5.34. The predicted molar refractivity (Wildman–Crippen MR) is 134 cm³/mol. The summed E-state index contributed by atoms with van der Waals surface area (Å²) >= 11 is 0. The van der Waals surface area contributed by atoms with Crippen LogP contribution >= 0.6 is 0 Å². The Morgan fingerprint density at radius 1 is 1.17 bits per heavy atom. The predicted octanol–water partition coefficient (Wildman–Crippen LogP) is 3.02. The molecule has 1 fully saturated rings. The third-order valence-electron chi connectivity index (χ3n) is 6.66. The average Bonchev–Trinajstić information content (AvgIpc) is 3.18. The van der Waals surface area contributed by atoms with Gasteiger partial charge in [-0.1, -0.05) is 18.6 Å². The van der Waals surface area contributed by atoms with Gasteiger partial charge in [-0.3, -0.25) is 4.79 Å². The van der Waals surface area contributed by atoms with Crippen LogP contribution in [0.3, 0.4) is 0 Å². The number of aryl methyl sites for hydroxylation is 3. The van der Waals surface area contributed by atoms with Gasteiger partial charge in [-0.2, -0.15) is 4.31 Å². The lowest BCUT2D eigenvalue weighted by molar-refractivity contribution is -0.121. The normalized spacial score (nSPS) is 14.9. The first kappa shape index (κ1) is 25.1. The topological polar surface area (TPSA) is 106 Å². The van der Waals surface area contributed by atoms with Gasteiger partial charge in [0.05, 0.1) is 17.4 Å². The highest BCUT2D eigenvalue weighted by Gasteiger charge is 2.26. The maximum Gasteiger partial charge on any atom is 0.243 e. The molecule has 35 heavy (non-hydrogen) atoms. The molecule has 0 atom stereocenters. The van der Waals surface area contributed by atoms with Crippen LogP contribution in [0.4, 0.5) is 0 Å². The molecular formula is C25H33N5O4S. The van der Waals surface area contributed by atoms with Crippen LogP contribution in [0.2, 0.25) is 0 Å². The fourth-order valence-electron chi connectivity index (χ4n) is 4.71. The van der Waals surface area contributed by atoms with Crippen molar-refractivity contribution in [3.05, 3.63) is 46.6 Å². The molecule has 188 valence electrons. The largest absolute Gasteiger partial charge is 0.479 e. The zero-order valence-corrected chi connectivity index (χ0v) is 21.6. The van der Waals surface area contributed by atoms with E-state index >= 15 is 0 Å². The highest BCUT2D eigenvalue weighted by atomic mass is 32.2. The lowest BCUT2D eigenvalue weighted by Crippen LogP contribution is -2.35. The number of carbonyl (C=O) groups excluding carboxylic acids is 1. The van der Waals surface area contributed by atoms with E-state index in [9.17, 15) is 13.2 Å². The minimum atomic E-state index is -3.50. The van der Waals surface area contributed by atoms with Gasteiger partial charge in [0, 0.05) is 38.8 Å². The second kappa shape index (κ2) is 10.3. The van der Waals surface area contributed by atoms with Crippen LogP contribution in [-0.2, 0) is 34.8 Å². The fourth-order valence-corrected chi connectivity index (χ4v) is 6.29. The van der Waals surface area contributed by atoms with Crippen molar-refractivity contribution in [1.29, 1.82) is 0 Å². The summed E-state index contributed by atoms with van der Waals surface area (Å²) < 4.78 is 34.6. The van der Waals surface area contributed by atoms with Crippen molar-refractivity contribution >= 4 is 27.0 Å². The van der Waals surface area contributed by atoms with Gasteiger partial charge in [0.1, 0.15) is 0 Å². The number of fused-ring (bicyclic) bond motifs is 1. The van der Waals surface area contributed by atoms with Gasteiger partial charge >= 0.3 is 0 Å². The summed E-state index contributed by atoms with van der Waals surface area (Å²) in [7, 11) is -0.0901. The highest BCUT2D eigenvalue weighted by Crippen LogP contribution is 2.30. The summed E-state index contributed by atoms with van der Waals surface area (Å²) in [5, 5.41) is 8.16. The summed E-state index contributed by atoms with van der Waals surface area (Å²) in [5.74, 6) is 0.420. The van der Waals surface area contributed by atoms with Crippen LogP contribution in [-0.4, -0.2) is 53.6 Å². The molecule has 2 aromatic heterocycles. The third-order valence-corrected chi connectivity index (χ3v) is 8.55. The SMILES string of the molecule is COc1nn(C)c2nc(C)c(CCC(=O)NCc3cccc(S(=O)(=O)N4CCCCC4)c3)c(C)c12. The zero-order valence-electron chi connectivity index (χ0n) is 20.8. The number of sulfonamides is 1. The van der Waals surface area contributed by atoms with Gasteiger partial charge in [0.25, 0.3) is 0 Å². The molecular weight excluding hydrogens is 466 g/mol. The number of amides is 1. The number of aromatic nitrogens is 3. The number of carbonyl (C=O) groups is 1. The van der Waals surface area contributed by atoms with E-state index in [1.807, 2.05) is 27.0 Å². The first-order valence-electron chi connectivity index (χ1n) is 11.9. The Balaban J connectivity index is 1.41. The average molecular weight is 500 g/mol. The summed E-state index contributed by atoms with van der Waals surface area (Å²) in [5.41, 5.74) is 4.40. The smallest absolute Gasteiger partial charge is 0.243 e. The number of pyridine rings is 1. The molecule has 1 aromatic carbocycles. The van der Waals surface area contributed by atoms with E-state index in [2.05, 4.69) is 15.4 Å². The van der Waals surface area contributed by atoms with Crippen LogP contribution < -0.4 is 10.1 Å². The van der Waals surface area contributed by atoms with Gasteiger partial charge in [0.2, 0.25) is 21.8 Å². The van der Waals surface area contributed by atoms with E-state index in [1.165, 1.54) is 0 Å². The Hall–Kier alpha value is -2.98. The van der Waals surface area contributed by atoms with E-state index in [0.717, 1.165) is 52.7 Å². The molecule has 0 unspecified atom stereocenters. The van der Waals surface area contributed by atoms with E-state index in [4.69, 9.17) is 4.74 Å². The number of rotatable bonds is 8. The van der Waals surface area contributed by atoms with E-state index in [-0.39, 0.29) is 17.3 Å². The lowest BCUT2D eigenvalue weighted by Gasteiger charge is -2.26. The molecule has 1 amide bonds. The van der Waals surface area contributed by atoms with E-state index < -0.39 is 10.0 Å². The molecule has 1 saturated heterocycles. The van der Waals surface area contributed by atoms with Crippen LogP contribution in [0.1, 0.15) is 48.1 Å². The molecule has 3 aromatic rings. The molecule has 1 aliphatic heterocycles. The fraction of sp³-hybridized carbons (Fsp3) is 0.480. The first-order valence-corrected chi connectivity index (χ1v) is 13.4. The number of benzene rings is 1. The highest BCUT2D eigenvalue weighted by molar-refractivity contribution is 7.89. The Morgan fingerprint density at radius 3 is 2.63 bits per heavy atom. The van der Waals surface area contributed by atoms with Crippen molar-refractivity contribution in [1.82, 2.24) is 24.4 Å². The Kier molecular flexibility index (Phi) is 7.42. The minimum Gasteiger partial charge on any atom is -0.479 e. The number of hydrogen-bond donors (Lipinski definition) is 1. The van der Waals surface area contributed by atoms with Crippen molar-refractivity contribution in [2.45, 2.75) is 57.4 Å². The maximum absolute atomic E-state index is 13.0. The lowest BCUT2D eigenvalue weighted by atomic mass is 10.00. The van der Waals surface area contributed by atoms with Crippen molar-refractivity contribution in [3.8, 4) is 5.88 Å². The molecule has 0 radical (unpaired) electrons. The number of nitrogens with zero attached hydrogens (tertiary/aromatic N) is 4. The molecule has 0 saturated carbocycles. The standard InChI is InChI=1S/C25H33N5O4S/c1-17-21(18(2)27-24-23(17)25(34-4)28-29(24)3)11-12-22(31)26-16-19-9-8-10-20(15-19)35(32,33)30-13-6-5-7-14-30/h8-10,15H,5-7,11-14,16H2,1-4H3,(H,26,31). The molecule has 0 aliphatic carbocycles. The number of nitrogens with one attached hydrogen (secondary N) is 1. The van der Waals surface area contributed by atoms with E-state index in [0.29, 0.717) is 31.8 Å². The minimum absolute atomic E-state index is 0.105. The summed E-state index contributed by atoms with van der Waals surface area (Å²) in [6.07, 6.45) is 3.68. The van der Waals surface area contributed by atoms with Gasteiger partial charge in [-0.25, -0.2) is 18.1 Å². The molecule has 1 aliphatic rings. The van der Waals surface area contributed by atoms with Crippen LogP contribution in [0.5, 0.6) is 5.88 Å². The number of methoxy groups -OCH3 is 1. The molecule has 0 bridgehead atoms. The second-order valence-corrected chi connectivity index (χ2v) is 11.0. The molecule has 10 heteroatoms. The van der Waals surface area contributed by atoms with Crippen molar-refractivity contribution in [2.75, 3.05) is 20.2 Å². The molecule has 1 N–H and O–H groups in total. The molecule has 0 spiro atoms. The number of hydrogen-bond acceptors (Lipinski definition) is 6. The monoisotopic (exact) mass is 499 g/mol. The van der Waals surface area contributed by atoms with Gasteiger partial charge in [-0.05, 0) is 61.9 Å². The number of ether oxygens (including phenoxy) is 1. The Labute approximate surface area is 206 Å². The molecule has 9 nitrogen and oxygen atoms in total. The second-order valence-electron chi connectivity index (χ2n) is 9.02. The van der Waals surface area contributed by atoms with E-state index in [1.54, 1.807) is 34.3 Å². The van der Waals surface area contributed by atoms with Gasteiger partial charge < -0.3 is 10.1 Å². The maximum atomic E-state index is 13.0. The Bertz CT molecular complexity index is 1340. The molecule has 4 rings (SSSR count). The first-order chi connectivity index (χ1) is 16.7. The van der Waals surface area contributed by atoms with Crippen molar-refractivity contribution in [2.24, 2.45) is 7.05 Å². The third kappa shape index (κ3) is 5.18. The van der Waals surface area contributed by atoms with Crippen LogP contribution in [0.25, 0.3) is 11.0 Å². The van der Waals surface area contributed by atoms with Gasteiger partial charge in [0.15, 0.2) is 5.65 Å². The quantitative estimate of drug-likeness (QED) is 0.511. The molecule has 3 heterocycles. The van der Waals surface area contributed by atoms with Crippen molar-refractivity contribution in [3.63, 3.8) is 0 Å². The summed E-state index contributed by atoms with van der Waals surface area (Å²) in [4.78, 5) is 17.6. The zero-order chi connectivity index (χ0) is 25.2. The van der Waals surface area contributed by atoms with Crippen LogP contribution in [0.15, 0.2) is 29.2 Å².